The topological polar surface area (TPSA) is 110 Å². The third-order valence-electron chi connectivity index (χ3n) is 6.64. The van der Waals surface area contributed by atoms with Gasteiger partial charge in [0.1, 0.15) is 12.2 Å². The molecule has 1 aliphatic rings. The molecule has 0 aliphatic carbocycles. The Morgan fingerprint density at radius 1 is 1.19 bits per heavy atom. The second-order valence-corrected chi connectivity index (χ2v) is 9.96. The van der Waals surface area contributed by atoms with Gasteiger partial charge in [-0.25, -0.2) is 4.39 Å². The number of halogens is 1. The number of ketones is 1. The molecular formula is C28H40FN3O4. The lowest BCUT2D eigenvalue weighted by molar-refractivity contribution is -0.143. The standard InChI is InChI=1S/C28H40FN3O4/c1-5-6-7-22(15-24(33)14-19(3)21-11-8-18(2)9-12-21)28(36)32-17-23(29)16-25(32)27(35)31-20(4)10-13-26(30)34/h8-9,11-12,14,20,22-23,25H,5-7,10,13,15-17H2,1-4H3,(H2,30,34)(H,31,35)/b19-14+/t20-,22?,23+,25+/m1/s1. The van der Waals surface area contributed by atoms with Gasteiger partial charge >= 0.3 is 0 Å². The molecule has 0 bridgehead atoms. The maximum Gasteiger partial charge on any atom is 0.243 e. The van der Waals surface area contributed by atoms with Crippen molar-refractivity contribution < 1.29 is 23.6 Å². The van der Waals surface area contributed by atoms with E-state index in [0.717, 1.165) is 29.5 Å². The first-order valence-electron chi connectivity index (χ1n) is 12.8. The summed E-state index contributed by atoms with van der Waals surface area (Å²) in [6.45, 7) is 7.43. The molecule has 1 fully saturated rings. The van der Waals surface area contributed by atoms with Crippen molar-refractivity contribution in [2.24, 2.45) is 11.7 Å². The summed E-state index contributed by atoms with van der Waals surface area (Å²) in [6, 6.07) is 6.58. The zero-order chi connectivity index (χ0) is 26.8. The molecule has 2 rings (SSSR count). The molecule has 1 aliphatic heterocycles. The molecule has 0 radical (unpaired) electrons. The van der Waals surface area contributed by atoms with Crippen LogP contribution >= 0.6 is 0 Å². The Bertz CT molecular complexity index is 960. The van der Waals surface area contributed by atoms with E-state index in [1.165, 1.54) is 4.90 Å². The number of carbonyl (C=O) groups excluding carboxylic acids is 4. The van der Waals surface area contributed by atoms with E-state index < -0.39 is 29.9 Å². The summed E-state index contributed by atoms with van der Waals surface area (Å²) >= 11 is 0. The third kappa shape index (κ3) is 8.88. The molecule has 7 nitrogen and oxygen atoms in total. The molecule has 3 amide bonds. The van der Waals surface area contributed by atoms with Crippen molar-refractivity contribution in [1.29, 1.82) is 0 Å². The number of nitrogens with one attached hydrogen (secondary N) is 1. The van der Waals surface area contributed by atoms with Gasteiger partial charge < -0.3 is 16.0 Å². The van der Waals surface area contributed by atoms with Gasteiger partial charge in [0.25, 0.3) is 0 Å². The number of nitrogens with two attached hydrogens (primary N) is 1. The molecule has 36 heavy (non-hydrogen) atoms. The zero-order valence-corrected chi connectivity index (χ0v) is 21.9. The van der Waals surface area contributed by atoms with Crippen LogP contribution in [0.5, 0.6) is 0 Å². The highest BCUT2D eigenvalue weighted by Gasteiger charge is 2.42. The quantitative estimate of drug-likeness (QED) is 0.400. The van der Waals surface area contributed by atoms with E-state index in [1.807, 2.05) is 45.0 Å². The van der Waals surface area contributed by atoms with Crippen molar-refractivity contribution in [3.05, 3.63) is 41.5 Å². The smallest absolute Gasteiger partial charge is 0.243 e. The van der Waals surface area contributed by atoms with Gasteiger partial charge in [-0.3, -0.25) is 19.2 Å². The van der Waals surface area contributed by atoms with E-state index in [9.17, 15) is 23.6 Å². The number of primary amides is 1. The molecule has 0 aromatic heterocycles. The Labute approximate surface area is 213 Å². The SMILES string of the molecule is CCCCC(CC(=O)/C=C(\C)c1ccc(C)cc1)C(=O)N1C[C@@H](F)C[C@H]1C(=O)N[C@H](C)CCC(N)=O. The maximum atomic E-state index is 14.4. The number of amides is 3. The number of aryl methyl sites for hydroxylation is 1. The van der Waals surface area contributed by atoms with Crippen LogP contribution in [0.15, 0.2) is 30.3 Å². The van der Waals surface area contributed by atoms with Gasteiger partial charge in [0.2, 0.25) is 17.7 Å². The molecular weight excluding hydrogens is 461 g/mol. The molecule has 8 heteroatoms. The van der Waals surface area contributed by atoms with E-state index >= 15 is 0 Å². The first kappa shape index (κ1) is 29.2. The van der Waals surface area contributed by atoms with Gasteiger partial charge in [-0.05, 0) is 50.8 Å². The van der Waals surface area contributed by atoms with E-state index in [-0.39, 0.29) is 43.5 Å². The van der Waals surface area contributed by atoms with Gasteiger partial charge in [-0.2, -0.15) is 0 Å². The minimum Gasteiger partial charge on any atom is -0.370 e. The number of alkyl halides is 1. The summed E-state index contributed by atoms with van der Waals surface area (Å²) in [5, 5.41) is 2.77. The summed E-state index contributed by atoms with van der Waals surface area (Å²) in [7, 11) is 0. The van der Waals surface area contributed by atoms with Crippen LogP contribution in [0.4, 0.5) is 4.39 Å². The Morgan fingerprint density at radius 3 is 2.47 bits per heavy atom. The van der Waals surface area contributed by atoms with E-state index in [2.05, 4.69) is 5.32 Å². The van der Waals surface area contributed by atoms with E-state index in [0.29, 0.717) is 12.8 Å². The number of allylic oxidation sites excluding steroid dienone is 2. The van der Waals surface area contributed by atoms with Gasteiger partial charge in [-0.1, -0.05) is 49.6 Å². The minimum absolute atomic E-state index is 0.0127. The Balaban J connectivity index is 2.12. The number of hydrogen-bond acceptors (Lipinski definition) is 4. The predicted octanol–water partition coefficient (Wildman–Crippen LogP) is 3.87. The van der Waals surface area contributed by atoms with Crippen LogP contribution in [0.2, 0.25) is 0 Å². The highest BCUT2D eigenvalue weighted by atomic mass is 19.1. The fourth-order valence-electron chi connectivity index (χ4n) is 4.49. The van der Waals surface area contributed by atoms with Gasteiger partial charge in [0, 0.05) is 31.2 Å². The number of benzene rings is 1. The average molecular weight is 502 g/mol. The van der Waals surface area contributed by atoms with Crippen LogP contribution < -0.4 is 11.1 Å². The van der Waals surface area contributed by atoms with Crippen LogP contribution in [-0.2, 0) is 19.2 Å². The summed E-state index contributed by atoms with van der Waals surface area (Å²) in [4.78, 5) is 51.6. The molecule has 0 saturated carbocycles. The van der Waals surface area contributed by atoms with Crippen LogP contribution in [0.25, 0.3) is 5.57 Å². The van der Waals surface area contributed by atoms with Crippen molar-refractivity contribution in [1.82, 2.24) is 10.2 Å². The summed E-state index contributed by atoms with van der Waals surface area (Å²) in [5.74, 6) is -2.06. The van der Waals surface area contributed by atoms with E-state index in [1.54, 1.807) is 13.0 Å². The monoisotopic (exact) mass is 501 g/mol. The molecule has 1 aromatic rings. The highest BCUT2D eigenvalue weighted by molar-refractivity contribution is 5.99. The number of hydrogen-bond donors (Lipinski definition) is 2. The Kier molecular flexibility index (Phi) is 11.3. The number of rotatable bonds is 13. The second-order valence-electron chi connectivity index (χ2n) is 9.96. The van der Waals surface area contributed by atoms with Crippen molar-refractivity contribution >= 4 is 29.1 Å². The van der Waals surface area contributed by atoms with Crippen molar-refractivity contribution in [3.63, 3.8) is 0 Å². The number of nitrogens with zero attached hydrogens (tertiary/aromatic N) is 1. The molecule has 1 heterocycles. The fourth-order valence-corrected chi connectivity index (χ4v) is 4.49. The van der Waals surface area contributed by atoms with Crippen LogP contribution in [0.1, 0.15) is 76.8 Å². The lowest BCUT2D eigenvalue weighted by atomic mass is 9.93. The zero-order valence-electron chi connectivity index (χ0n) is 21.9. The van der Waals surface area contributed by atoms with Crippen molar-refractivity contribution in [3.8, 4) is 0 Å². The molecule has 0 spiro atoms. The largest absolute Gasteiger partial charge is 0.370 e. The van der Waals surface area contributed by atoms with Crippen molar-refractivity contribution in [2.75, 3.05) is 6.54 Å². The molecule has 3 N–H and O–H groups in total. The van der Waals surface area contributed by atoms with Gasteiger partial charge in [-0.15, -0.1) is 0 Å². The Morgan fingerprint density at radius 2 is 1.86 bits per heavy atom. The third-order valence-corrected chi connectivity index (χ3v) is 6.64. The van der Waals surface area contributed by atoms with Gasteiger partial charge in [0.05, 0.1) is 6.54 Å². The van der Waals surface area contributed by atoms with Crippen LogP contribution in [-0.4, -0.2) is 53.2 Å². The fraction of sp³-hybridized carbons (Fsp3) is 0.571. The molecule has 1 unspecified atom stereocenters. The number of likely N-dealkylation sites (tertiary alicyclic amines) is 1. The first-order chi connectivity index (χ1) is 17.0. The predicted molar refractivity (Wildman–Crippen MR) is 139 cm³/mol. The van der Waals surface area contributed by atoms with Crippen LogP contribution in [0.3, 0.4) is 0 Å². The van der Waals surface area contributed by atoms with Gasteiger partial charge in [0.15, 0.2) is 5.78 Å². The minimum atomic E-state index is -1.31. The summed E-state index contributed by atoms with van der Waals surface area (Å²) in [5.41, 5.74) is 8.05. The molecule has 1 aromatic carbocycles. The lowest BCUT2D eigenvalue weighted by Gasteiger charge is -2.28. The number of carbonyl (C=O) groups is 4. The maximum absolute atomic E-state index is 14.4. The molecule has 1 saturated heterocycles. The van der Waals surface area contributed by atoms with Crippen molar-refractivity contribution in [2.45, 2.75) is 90.9 Å². The highest BCUT2D eigenvalue weighted by Crippen LogP contribution is 2.27. The molecule has 4 atom stereocenters. The molecule has 198 valence electrons. The van der Waals surface area contributed by atoms with Crippen LogP contribution in [0, 0.1) is 12.8 Å². The lowest BCUT2D eigenvalue weighted by Crippen LogP contribution is -2.50. The summed E-state index contributed by atoms with van der Waals surface area (Å²) < 4.78 is 14.4. The van der Waals surface area contributed by atoms with E-state index in [4.69, 9.17) is 5.73 Å². The summed E-state index contributed by atoms with van der Waals surface area (Å²) in [6.07, 6.45) is 2.76. The first-order valence-corrected chi connectivity index (χ1v) is 12.8. The Hall–Kier alpha value is -3.03. The normalized spacial score (nSPS) is 19.6. The second kappa shape index (κ2) is 13.9. The number of unbranched alkanes of at least 4 members (excludes halogenated alkanes) is 1. The average Bonchev–Trinajstić information content (AvgIpc) is 3.22.